The third-order valence-corrected chi connectivity index (χ3v) is 6.71. The molecule has 9 heteroatoms. The van der Waals surface area contributed by atoms with Crippen LogP contribution in [0.5, 0.6) is 0 Å². The number of benzene rings is 1. The van der Waals surface area contributed by atoms with E-state index in [1.165, 1.54) is 11.8 Å². The van der Waals surface area contributed by atoms with Gasteiger partial charge in [-0.25, -0.2) is 4.98 Å². The van der Waals surface area contributed by atoms with Crippen LogP contribution < -0.4 is 10.4 Å². The van der Waals surface area contributed by atoms with Crippen molar-refractivity contribution in [1.82, 2.24) is 20.3 Å². The van der Waals surface area contributed by atoms with Crippen molar-refractivity contribution in [2.45, 2.75) is 46.0 Å². The van der Waals surface area contributed by atoms with Crippen molar-refractivity contribution in [1.29, 1.82) is 5.26 Å². The van der Waals surface area contributed by atoms with Crippen molar-refractivity contribution < 1.29 is 9.53 Å². The van der Waals surface area contributed by atoms with E-state index in [4.69, 9.17) is 4.74 Å². The second-order valence-electron chi connectivity index (χ2n) is 9.80. The van der Waals surface area contributed by atoms with E-state index in [0.29, 0.717) is 16.8 Å². The average molecular weight is 544 g/mol. The molecule has 1 aromatic heterocycles. The molecule has 1 aliphatic heterocycles. The quantitative estimate of drug-likeness (QED) is 0.455. The maximum Gasteiger partial charge on any atom is 0.248 e. The molecular weight excluding hydrogens is 508 g/mol. The zero-order valence-electron chi connectivity index (χ0n) is 21.1. The highest BCUT2D eigenvalue weighted by Gasteiger charge is 2.32. The number of nitriles is 1. The maximum absolute atomic E-state index is 13.4. The molecule has 1 fully saturated rings. The highest BCUT2D eigenvalue weighted by Crippen LogP contribution is 2.27. The van der Waals surface area contributed by atoms with Gasteiger partial charge in [0.1, 0.15) is 6.07 Å². The molecule has 0 saturated carbocycles. The van der Waals surface area contributed by atoms with Gasteiger partial charge in [0.25, 0.3) is 0 Å². The molecule has 0 bridgehead atoms. The van der Waals surface area contributed by atoms with E-state index >= 15 is 0 Å². The van der Waals surface area contributed by atoms with E-state index in [9.17, 15) is 10.1 Å². The van der Waals surface area contributed by atoms with Crippen LogP contribution in [0.3, 0.4) is 0 Å². The number of nitrogens with zero attached hydrogens (tertiary/aromatic N) is 5. The molecule has 0 aliphatic carbocycles. The molecule has 2 aromatic rings. The lowest BCUT2D eigenvalue weighted by atomic mass is 9.83. The van der Waals surface area contributed by atoms with Crippen molar-refractivity contribution in [3.63, 3.8) is 0 Å². The maximum atomic E-state index is 13.4. The van der Waals surface area contributed by atoms with Crippen LogP contribution in [-0.4, -0.2) is 60.2 Å². The number of carbonyl (C=O) groups is 1. The summed E-state index contributed by atoms with van der Waals surface area (Å²) in [5, 5.41) is 10.9. The highest BCUT2D eigenvalue weighted by atomic mass is 79.9. The van der Waals surface area contributed by atoms with Gasteiger partial charge in [0.05, 0.1) is 23.1 Å². The van der Waals surface area contributed by atoms with Gasteiger partial charge in [-0.2, -0.15) is 10.2 Å². The highest BCUT2D eigenvalue weighted by molar-refractivity contribution is 9.10. The minimum atomic E-state index is -0.765. The van der Waals surface area contributed by atoms with Crippen LogP contribution in [0.2, 0.25) is 0 Å². The third-order valence-electron chi connectivity index (χ3n) is 6.15. The van der Waals surface area contributed by atoms with E-state index in [1.807, 2.05) is 32.0 Å². The van der Waals surface area contributed by atoms with E-state index in [0.717, 1.165) is 51.3 Å². The fourth-order valence-corrected chi connectivity index (χ4v) is 4.37. The summed E-state index contributed by atoms with van der Waals surface area (Å²) in [6.45, 7) is 13.2. The zero-order valence-corrected chi connectivity index (χ0v) is 22.6. The van der Waals surface area contributed by atoms with Gasteiger partial charge in [-0.15, -0.1) is 0 Å². The molecule has 0 spiro atoms. The van der Waals surface area contributed by atoms with Crippen molar-refractivity contribution in [2.24, 2.45) is 5.92 Å². The number of rotatable bonds is 10. The normalized spacial score (nSPS) is 14.5. The van der Waals surface area contributed by atoms with Crippen molar-refractivity contribution in [3.8, 4) is 6.07 Å². The summed E-state index contributed by atoms with van der Waals surface area (Å²) in [5.41, 5.74) is 4.48. The second-order valence-corrected chi connectivity index (χ2v) is 10.7. The van der Waals surface area contributed by atoms with E-state index < -0.39 is 5.41 Å². The molecule has 0 unspecified atom stereocenters. The fourth-order valence-electron chi connectivity index (χ4n) is 3.96. The fraction of sp³-hybridized carbons (Fsp3) is 0.538. The topological polar surface area (TPSA) is 94.4 Å². The van der Waals surface area contributed by atoms with Crippen LogP contribution >= 0.6 is 15.9 Å². The molecule has 0 atom stereocenters. The Labute approximate surface area is 216 Å². The van der Waals surface area contributed by atoms with Crippen molar-refractivity contribution >= 4 is 27.7 Å². The van der Waals surface area contributed by atoms with Crippen LogP contribution in [0.1, 0.15) is 51.1 Å². The van der Waals surface area contributed by atoms with Gasteiger partial charge in [-0.1, -0.05) is 38.1 Å². The lowest BCUT2D eigenvalue weighted by molar-refractivity contribution is -0.125. The first-order valence-corrected chi connectivity index (χ1v) is 12.9. The van der Waals surface area contributed by atoms with Gasteiger partial charge in [0.15, 0.2) is 5.82 Å². The molecule has 3 rings (SSSR count). The monoisotopic (exact) mass is 542 g/mol. The minimum Gasteiger partial charge on any atom is -0.379 e. The smallest absolute Gasteiger partial charge is 0.248 e. The number of halogens is 1. The Balaban J connectivity index is 1.67. The number of anilines is 1. The number of hydrazine groups is 1. The van der Waals surface area contributed by atoms with Gasteiger partial charge in [0, 0.05) is 25.8 Å². The number of hydrogen-bond acceptors (Lipinski definition) is 7. The van der Waals surface area contributed by atoms with E-state index in [2.05, 4.69) is 62.2 Å². The van der Waals surface area contributed by atoms with Gasteiger partial charge in [-0.3, -0.25) is 20.1 Å². The first kappa shape index (κ1) is 27.1. The first-order chi connectivity index (χ1) is 16.7. The summed E-state index contributed by atoms with van der Waals surface area (Å²) in [6, 6.07) is 10.3. The van der Waals surface area contributed by atoms with E-state index in [1.54, 1.807) is 5.01 Å². The molecule has 1 amide bonds. The zero-order chi connectivity index (χ0) is 25.4. The van der Waals surface area contributed by atoms with Crippen LogP contribution in [0.4, 0.5) is 5.82 Å². The first-order valence-electron chi connectivity index (χ1n) is 12.1. The molecule has 2 heterocycles. The number of aromatic nitrogens is 2. The number of amides is 1. The van der Waals surface area contributed by atoms with Crippen LogP contribution in [0.25, 0.3) is 0 Å². The second kappa shape index (κ2) is 12.4. The summed E-state index contributed by atoms with van der Waals surface area (Å²) in [7, 11) is 0. The lowest BCUT2D eigenvalue weighted by Crippen LogP contribution is -2.51. The summed E-state index contributed by atoms with van der Waals surface area (Å²) in [4.78, 5) is 24.2. The van der Waals surface area contributed by atoms with Crippen LogP contribution in [0, 0.1) is 17.2 Å². The van der Waals surface area contributed by atoms with Crippen LogP contribution in [0.15, 0.2) is 34.9 Å². The molecule has 35 heavy (non-hydrogen) atoms. The summed E-state index contributed by atoms with van der Waals surface area (Å²) < 4.78 is 6.02. The average Bonchev–Trinajstić information content (AvgIpc) is 2.84. The molecule has 1 aliphatic rings. The molecule has 8 nitrogen and oxygen atoms in total. The molecule has 1 saturated heterocycles. The Morgan fingerprint density at radius 2 is 1.97 bits per heavy atom. The van der Waals surface area contributed by atoms with Crippen LogP contribution in [-0.2, 0) is 21.4 Å². The number of hydrogen-bond donors (Lipinski definition) is 1. The summed E-state index contributed by atoms with van der Waals surface area (Å²) in [5.74, 6) is 0.615. The Bertz CT molecular complexity index is 1030. The number of carbonyl (C=O) groups excluding carboxylic acids is 1. The predicted octanol–water partition coefficient (Wildman–Crippen LogP) is 3.85. The predicted molar refractivity (Wildman–Crippen MR) is 140 cm³/mol. The Morgan fingerprint density at radius 1 is 1.29 bits per heavy atom. The van der Waals surface area contributed by atoms with Gasteiger partial charge < -0.3 is 4.74 Å². The third kappa shape index (κ3) is 7.47. The Kier molecular flexibility index (Phi) is 9.61. The van der Waals surface area contributed by atoms with Gasteiger partial charge >= 0.3 is 0 Å². The number of morpholine rings is 1. The standard InChI is InChI=1S/C26H35BrN6O2/c1-19(2)18-33(24-22(27)17-29-23(16-28)30-24)31-25(34)26(3,4)21-9-7-20(8-10-21)6-5-11-32-12-14-35-15-13-32/h7-10,17,19H,5-6,11-15,18H2,1-4H3,(H,31,34). The lowest BCUT2D eigenvalue weighted by Gasteiger charge is -2.32. The Hall–Kier alpha value is -2.54. The van der Waals surface area contributed by atoms with E-state index in [-0.39, 0.29) is 17.6 Å². The van der Waals surface area contributed by atoms with Gasteiger partial charge in [-0.05, 0) is 66.2 Å². The Morgan fingerprint density at radius 3 is 2.60 bits per heavy atom. The molecular formula is C26H35BrN6O2. The van der Waals surface area contributed by atoms with Crippen molar-refractivity contribution in [3.05, 3.63) is 51.9 Å². The molecule has 188 valence electrons. The minimum absolute atomic E-state index is 0.0506. The largest absolute Gasteiger partial charge is 0.379 e. The SMILES string of the molecule is CC(C)CN(NC(=O)C(C)(C)c1ccc(CCCN2CCOCC2)cc1)c1nc(C#N)ncc1Br. The number of nitrogens with one attached hydrogen (secondary N) is 1. The summed E-state index contributed by atoms with van der Waals surface area (Å²) >= 11 is 3.45. The van der Waals surface area contributed by atoms with Gasteiger partial charge in [0.2, 0.25) is 11.7 Å². The molecule has 0 radical (unpaired) electrons. The molecule has 1 aromatic carbocycles. The van der Waals surface area contributed by atoms with Crippen molar-refractivity contribution in [2.75, 3.05) is 44.4 Å². The number of ether oxygens (including phenoxy) is 1. The number of aryl methyl sites for hydroxylation is 1. The summed E-state index contributed by atoms with van der Waals surface area (Å²) in [6.07, 6.45) is 3.64. The molecule has 1 N–H and O–H groups in total.